The lowest BCUT2D eigenvalue weighted by molar-refractivity contribution is 0.124. The summed E-state index contributed by atoms with van der Waals surface area (Å²) >= 11 is 0. The van der Waals surface area contributed by atoms with E-state index in [-0.39, 0.29) is 12.1 Å². The summed E-state index contributed by atoms with van der Waals surface area (Å²) in [5.74, 6) is 0.625. The number of rotatable bonds is 3. The molecule has 1 aliphatic carbocycles. The van der Waals surface area contributed by atoms with E-state index in [9.17, 15) is 4.79 Å². The highest BCUT2D eigenvalue weighted by Gasteiger charge is 2.40. The predicted octanol–water partition coefficient (Wildman–Crippen LogP) is 2.70. The summed E-state index contributed by atoms with van der Waals surface area (Å²) in [6.07, 6.45) is 4.16. The highest BCUT2D eigenvalue weighted by Crippen LogP contribution is 2.36. The van der Waals surface area contributed by atoms with Gasteiger partial charge in [0.15, 0.2) is 0 Å². The van der Waals surface area contributed by atoms with Crippen LogP contribution in [0.4, 0.5) is 4.79 Å². The van der Waals surface area contributed by atoms with Crippen LogP contribution in [0.3, 0.4) is 0 Å². The number of ether oxygens (including phenoxy) is 1. The first kappa shape index (κ1) is 13.4. The van der Waals surface area contributed by atoms with Crippen LogP contribution in [0.25, 0.3) is 0 Å². The first-order valence-corrected chi connectivity index (χ1v) is 7.49. The Balaban J connectivity index is 1.74. The number of benzene rings is 1. The third kappa shape index (κ3) is 2.52. The molecular weight excluding hydrogens is 252 g/mol. The fourth-order valence-corrected chi connectivity index (χ4v) is 3.43. The van der Waals surface area contributed by atoms with Gasteiger partial charge in [-0.15, -0.1) is 0 Å². The molecule has 0 unspecified atom stereocenters. The van der Waals surface area contributed by atoms with Crippen LogP contribution in [0.2, 0.25) is 0 Å². The molecule has 1 aromatic rings. The van der Waals surface area contributed by atoms with Gasteiger partial charge < -0.3 is 10.5 Å². The summed E-state index contributed by atoms with van der Waals surface area (Å²) in [6, 6.07) is 10.6. The summed E-state index contributed by atoms with van der Waals surface area (Å²) in [5.41, 5.74) is 6.91. The molecule has 4 heteroatoms. The van der Waals surface area contributed by atoms with Gasteiger partial charge in [0.25, 0.3) is 0 Å². The molecular formula is C16H22N2O2. The topological polar surface area (TPSA) is 55.6 Å². The zero-order valence-corrected chi connectivity index (χ0v) is 11.7. The maximum absolute atomic E-state index is 12.1. The molecule has 1 saturated carbocycles. The Morgan fingerprint density at radius 1 is 1.15 bits per heavy atom. The minimum absolute atomic E-state index is 0.0723. The number of carbonyl (C=O) groups is 1. The van der Waals surface area contributed by atoms with Crippen molar-refractivity contribution in [3.8, 4) is 0 Å². The molecule has 2 fully saturated rings. The molecule has 1 atom stereocenters. The summed E-state index contributed by atoms with van der Waals surface area (Å²) < 4.78 is 5.30. The number of amides is 1. The highest BCUT2D eigenvalue weighted by atomic mass is 16.6. The average Bonchev–Trinajstić information content (AvgIpc) is 2.90. The van der Waals surface area contributed by atoms with E-state index >= 15 is 0 Å². The van der Waals surface area contributed by atoms with Gasteiger partial charge in [0, 0.05) is 6.04 Å². The molecule has 1 aliphatic heterocycles. The molecule has 108 valence electrons. The standard InChI is InChI=1S/C16H22N2O2/c17-10-12-6-8-14(9-7-12)18-15(11-20-16(18)19)13-4-2-1-3-5-13/h1-5,12,14-15H,6-11,17H2/t12?,14?,15-/m1/s1. The lowest BCUT2D eigenvalue weighted by atomic mass is 9.85. The molecule has 1 amide bonds. The molecule has 1 saturated heterocycles. The fourth-order valence-electron chi connectivity index (χ4n) is 3.43. The molecule has 20 heavy (non-hydrogen) atoms. The minimum Gasteiger partial charge on any atom is -0.447 e. The van der Waals surface area contributed by atoms with Crippen molar-refractivity contribution >= 4 is 6.09 Å². The lowest BCUT2D eigenvalue weighted by Gasteiger charge is -2.35. The van der Waals surface area contributed by atoms with E-state index in [2.05, 4.69) is 12.1 Å². The number of nitrogens with two attached hydrogens (primary N) is 1. The quantitative estimate of drug-likeness (QED) is 0.922. The van der Waals surface area contributed by atoms with Crippen molar-refractivity contribution in [3.05, 3.63) is 35.9 Å². The molecule has 1 heterocycles. The molecule has 4 nitrogen and oxygen atoms in total. The van der Waals surface area contributed by atoms with Crippen molar-refractivity contribution in [1.29, 1.82) is 0 Å². The van der Waals surface area contributed by atoms with Crippen LogP contribution in [0.5, 0.6) is 0 Å². The van der Waals surface area contributed by atoms with Crippen LogP contribution >= 0.6 is 0 Å². The number of carbonyl (C=O) groups excluding carboxylic acids is 1. The van der Waals surface area contributed by atoms with Crippen molar-refractivity contribution in [2.75, 3.05) is 13.2 Å². The normalized spacial score (nSPS) is 30.4. The first-order chi connectivity index (χ1) is 9.79. The third-order valence-electron chi connectivity index (χ3n) is 4.64. The number of hydrogen-bond acceptors (Lipinski definition) is 3. The second-order valence-electron chi connectivity index (χ2n) is 5.82. The zero-order chi connectivity index (χ0) is 13.9. The molecule has 0 spiro atoms. The van der Waals surface area contributed by atoms with Gasteiger partial charge in [-0.1, -0.05) is 30.3 Å². The molecule has 0 bridgehead atoms. The second kappa shape index (κ2) is 5.83. The van der Waals surface area contributed by atoms with Gasteiger partial charge in [-0.05, 0) is 43.7 Å². The Labute approximate surface area is 119 Å². The molecule has 0 aromatic heterocycles. The largest absolute Gasteiger partial charge is 0.447 e. The van der Waals surface area contributed by atoms with Gasteiger partial charge in [-0.2, -0.15) is 0 Å². The van der Waals surface area contributed by atoms with Gasteiger partial charge in [0.2, 0.25) is 0 Å². The number of cyclic esters (lactones) is 1. The molecule has 2 aliphatic rings. The maximum Gasteiger partial charge on any atom is 0.410 e. The Morgan fingerprint density at radius 2 is 1.85 bits per heavy atom. The van der Waals surface area contributed by atoms with Crippen LogP contribution in [0, 0.1) is 5.92 Å². The predicted molar refractivity (Wildman–Crippen MR) is 77.2 cm³/mol. The fraction of sp³-hybridized carbons (Fsp3) is 0.562. The Bertz CT molecular complexity index is 455. The smallest absolute Gasteiger partial charge is 0.410 e. The average molecular weight is 274 g/mol. The van der Waals surface area contributed by atoms with E-state index in [1.54, 1.807) is 0 Å². The highest BCUT2D eigenvalue weighted by molar-refractivity contribution is 5.71. The van der Waals surface area contributed by atoms with Crippen molar-refractivity contribution in [2.24, 2.45) is 11.7 Å². The van der Waals surface area contributed by atoms with Crippen molar-refractivity contribution < 1.29 is 9.53 Å². The van der Waals surface area contributed by atoms with Gasteiger partial charge in [-0.3, -0.25) is 4.90 Å². The van der Waals surface area contributed by atoms with Crippen molar-refractivity contribution in [2.45, 2.75) is 37.8 Å². The summed E-state index contributed by atoms with van der Waals surface area (Å²) in [7, 11) is 0. The van der Waals surface area contributed by atoms with E-state index in [0.29, 0.717) is 18.6 Å². The molecule has 3 rings (SSSR count). The summed E-state index contributed by atoms with van der Waals surface area (Å²) in [6.45, 7) is 1.24. The summed E-state index contributed by atoms with van der Waals surface area (Å²) in [4.78, 5) is 14.0. The molecule has 2 N–H and O–H groups in total. The first-order valence-electron chi connectivity index (χ1n) is 7.49. The van der Waals surface area contributed by atoms with Crippen LogP contribution in [-0.4, -0.2) is 30.2 Å². The second-order valence-corrected chi connectivity index (χ2v) is 5.82. The van der Waals surface area contributed by atoms with Gasteiger partial charge in [0.1, 0.15) is 6.61 Å². The van der Waals surface area contributed by atoms with Crippen LogP contribution in [-0.2, 0) is 4.74 Å². The maximum atomic E-state index is 12.1. The van der Waals surface area contributed by atoms with Crippen LogP contribution in [0.1, 0.15) is 37.3 Å². The Kier molecular flexibility index (Phi) is 3.92. The van der Waals surface area contributed by atoms with Gasteiger partial charge in [0.05, 0.1) is 6.04 Å². The van der Waals surface area contributed by atoms with Gasteiger partial charge in [-0.25, -0.2) is 4.79 Å². The molecule has 1 aromatic carbocycles. The lowest BCUT2D eigenvalue weighted by Crippen LogP contribution is -2.41. The van der Waals surface area contributed by atoms with E-state index in [0.717, 1.165) is 32.2 Å². The Hall–Kier alpha value is -1.55. The SMILES string of the molecule is NCC1CCC(N2C(=O)OC[C@@H]2c2ccccc2)CC1. The zero-order valence-electron chi connectivity index (χ0n) is 11.7. The van der Waals surface area contributed by atoms with E-state index in [1.165, 1.54) is 5.56 Å². The van der Waals surface area contributed by atoms with E-state index in [1.807, 2.05) is 23.1 Å². The van der Waals surface area contributed by atoms with E-state index < -0.39 is 0 Å². The summed E-state index contributed by atoms with van der Waals surface area (Å²) in [5, 5.41) is 0. The van der Waals surface area contributed by atoms with Crippen LogP contribution < -0.4 is 5.73 Å². The van der Waals surface area contributed by atoms with Crippen molar-refractivity contribution in [1.82, 2.24) is 4.90 Å². The van der Waals surface area contributed by atoms with Crippen LogP contribution in [0.15, 0.2) is 30.3 Å². The van der Waals surface area contributed by atoms with Crippen molar-refractivity contribution in [3.63, 3.8) is 0 Å². The monoisotopic (exact) mass is 274 g/mol. The third-order valence-corrected chi connectivity index (χ3v) is 4.64. The minimum atomic E-state index is -0.157. The number of hydrogen-bond donors (Lipinski definition) is 1. The molecule has 0 radical (unpaired) electrons. The van der Waals surface area contributed by atoms with Gasteiger partial charge >= 0.3 is 6.09 Å². The Morgan fingerprint density at radius 3 is 2.50 bits per heavy atom. The number of nitrogens with zero attached hydrogens (tertiary/aromatic N) is 1. The van der Waals surface area contributed by atoms with E-state index in [4.69, 9.17) is 10.5 Å².